The minimum absolute atomic E-state index is 0.595. The molecule has 0 spiro atoms. The predicted octanol–water partition coefficient (Wildman–Crippen LogP) is 2.00. The molecule has 0 atom stereocenters. The van der Waals surface area contributed by atoms with Crippen LogP contribution in [0.1, 0.15) is 0 Å². The average molecular weight is 309 g/mol. The maximum Gasteiger partial charge on any atom is 0.0870 e. The van der Waals surface area contributed by atoms with Crippen LogP contribution in [0.5, 0.6) is 0 Å². The Kier molecular flexibility index (Phi) is 28.0. The van der Waals surface area contributed by atoms with Crippen LogP contribution in [0, 0.1) is 11.3 Å². The number of nitrogens with zero attached hydrogens (tertiary/aromatic N) is 1. The fraction of sp³-hybridized carbons (Fsp3) is 0.667. The van der Waals surface area contributed by atoms with Crippen molar-refractivity contribution >= 4 is 45.2 Å². The van der Waals surface area contributed by atoms with E-state index in [9.17, 15) is 0 Å². The van der Waals surface area contributed by atoms with Crippen molar-refractivity contribution in [3.05, 3.63) is 0 Å². The van der Waals surface area contributed by atoms with Crippen LogP contribution >= 0.6 is 45.2 Å². The van der Waals surface area contributed by atoms with Crippen molar-refractivity contribution in [3.8, 4) is 6.07 Å². The molecule has 3 heteroatoms. The standard InChI is InChI=1S/C2H2IN.CH3I/c3-1-2-4;1-2/h1H2;1H3. The molecule has 0 aromatic rings. The first-order valence-corrected chi connectivity index (χ1v) is 4.91. The van der Waals surface area contributed by atoms with Crippen molar-refractivity contribution < 1.29 is 0 Å². The van der Waals surface area contributed by atoms with E-state index in [-0.39, 0.29) is 0 Å². The summed E-state index contributed by atoms with van der Waals surface area (Å²) in [5.41, 5.74) is 0. The molecule has 0 saturated heterocycles. The van der Waals surface area contributed by atoms with Gasteiger partial charge in [-0.05, 0) is 4.93 Å². The zero-order chi connectivity index (χ0) is 5.41. The third-order valence-corrected chi connectivity index (χ3v) is 0.401. The zero-order valence-corrected chi connectivity index (χ0v) is 7.73. The molecule has 0 aliphatic rings. The summed E-state index contributed by atoms with van der Waals surface area (Å²) in [5, 5.41) is 7.62. The van der Waals surface area contributed by atoms with Crippen molar-refractivity contribution in [1.29, 1.82) is 5.26 Å². The minimum Gasteiger partial charge on any atom is -0.197 e. The van der Waals surface area contributed by atoms with Crippen LogP contribution in [-0.4, -0.2) is 9.36 Å². The molecule has 0 fully saturated rings. The van der Waals surface area contributed by atoms with Crippen molar-refractivity contribution in [2.75, 3.05) is 9.36 Å². The lowest BCUT2D eigenvalue weighted by atomic mass is 11.0. The van der Waals surface area contributed by atoms with Gasteiger partial charge >= 0.3 is 0 Å². The second kappa shape index (κ2) is 16.8. The molecule has 0 rings (SSSR count). The van der Waals surface area contributed by atoms with Crippen LogP contribution in [0.3, 0.4) is 0 Å². The van der Waals surface area contributed by atoms with E-state index < -0.39 is 0 Å². The fourth-order valence-corrected chi connectivity index (χ4v) is 0. The lowest BCUT2D eigenvalue weighted by molar-refractivity contribution is 1.51. The Morgan fingerprint density at radius 1 is 1.67 bits per heavy atom. The highest BCUT2D eigenvalue weighted by Gasteiger charge is 1.52. The van der Waals surface area contributed by atoms with E-state index >= 15 is 0 Å². The van der Waals surface area contributed by atoms with Gasteiger partial charge in [-0.3, -0.25) is 0 Å². The quantitative estimate of drug-likeness (QED) is 0.496. The number of hydrogen-bond donors (Lipinski definition) is 0. The van der Waals surface area contributed by atoms with Crippen LogP contribution in [0.4, 0.5) is 0 Å². The molecule has 36 valence electrons. The molecule has 0 aromatic heterocycles. The van der Waals surface area contributed by atoms with Gasteiger partial charge in [-0.1, -0.05) is 45.2 Å². The molecule has 0 aliphatic carbocycles. The Hall–Kier alpha value is 0.950. The second-order valence-corrected chi connectivity index (χ2v) is 1.05. The molecule has 0 aromatic carbocycles. The Bertz CT molecular complexity index is 38.5. The summed E-state index contributed by atoms with van der Waals surface area (Å²) in [4.78, 5) is 1.97. The molecular weight excluding hydrogens is 304 g/mol. The van der Waals surface area contributed by atoms with Gasteiger partial charge in [0.25, 0.3) is 0 Å². The van der Waals surface area contributed by atoms with Gasteiger partial charge < -0.3 is 0 Å². The summed E-state index contributed by atoms with van der Waals surface area (Å²) in [5.74, 6) is 0. The van der Waals surface area contributed by atoms with E-state index in [1.165, 1.54) is 0 Å². The maximum absolute atomic E-state index is 7.62. The van der Waals surface area contributed by atoms with Gasteiger partial charge in [-0.2, -0.15) is 5.26 Å². The number of halogens is 2. The lowest BCUT2D eigenvalue weighted by Crippen LogP contribution is -1.45. The highest BCUT2D eigenvalue weighted by atomic mass is 127. The average Bonchev–Trinajstić information content (AvgIpc) is 1.72. The fourth-order valence-electron chi connectivity index (χ4n) is 0. The van der Waals surface area contributed by atoms with Crippen molar-refractivity contribution in [2.45, 2.75) is 0 Å². The van der Waals surface area contributed by atoms with Crippen LogP contribution in [-0.2, 0) is 0 Å². The highest BCUT2D eigenvalue weighted by molar-refractivity contribution is 14.1. The van der Waals surface area contributed by atoms with Crippen molar-refractivity contribution in [1.82, 2.24) is 0 Å². The summed E-state index contributed by atoms with van der Waals surface area (Å²) in [6.45, 7) is 0. The van der Waals surface area contributed by atoms with E-state index in [1.807, 2.05) is 33.6 Å². The number of hydrogen-bond acceptors (Lipinski definition) is 1. The Morgan fingerprint density at radius 2 is 1.83 bits per heavy atom. The summed E-state index contributed by atoms with van der Waals surface area (Å²) in [6.07, 6.45) is 0. The van der Waals surface area contributed by atoms with E-state index in [1.54, 1.807) is 0 Å². The monoisotopic (exact) mass is 309 g/mol. The molecule has 0 aliphatic heterocycles. The van der Waals surface area contributed by atoms with Crippen molar-refractivity contribution in [3.63, 3.8) is 0 Å². The second-order valence-electron chi connectivity index (χ2n) is 0.292. The zero-order valence-electron chi connectivity index (χ0n) is 3.41. The van der Waals surface area contributed by atoms with Gasteiger partial charge in [0.1, 0.15) is 0 Å². The molecule has 0 amide bonds. The van der Waals surface area contributed by atoms with Gasteiger partial charge in [-0.15, -0.1) is 0 Å². The normalized spacial score (nSPS) is 4.33. The molecule has 0 radical (unpaired) electrons. The van der Waals surface area contributed by atoms with E-state index in [2.05, 4.69) is 22.6 Å². The largest absolute Gasteiger partial charge is 0.197 e. The van der Waals surface area contributed by atoms with Crippen LogP contribution in [0.25, 0.3) is 0 Å². The summed E-state index contributed by atoms with van der Waals surface area (Å²) in [6, 6.07) is 1.92. The van der Waals surface area contributed by atoms with Gasteiger partial charge in [0.15, 0.2) is 0 Å². The lowest BCUT2D eigenvalue weighted by Gasteiger charge is -1.44. The third kappa shape index (κ3) is 20.3. The van der Waals surface area contributed by atoms with Crippen LogP contribution in [0.2, 0.25) is 0 Å². The maximum atomic E-state index is 7.62. The van der Waals surface area contributed by atoms with Crippen LogP contribution in [0.15, 0.2) is 0 Å². The first kappa shape index (κ1) is 10.0. The summed E-state index contributed by atoms with van der Waals surface area (Å²) < 4.78 is 0.595. The topological polar surface area (TPSA) is 23.8 Å². The van der Waals surface area contributed by atoms with E-state index in [0.29, 0.717) is 4.43 Å². The molecule has 0 heterocycles. The van der Waals surface area contributed by atoms with Gasteiger partial charge in [-0.25, -0.2) is 0 Å². The molecule has 1 nitrogen and oxygen atoms in total. The predicted molar refractivity (Wildman–Crippen MR) is 44.4 cm³/mol. The smallest absolute Gasteiger partial charge is 0.0870 e. The Labute approximate surface area is 65.4 Å². The van der Waals surface area contributed by atoms with E-state index in [4.69, 9.17) is 5.26 Å². The molecule has 0 bridgehead atoms. The molecule has 6 heavy (non-hydrogen) atoms. The molecular formula is C3H5I2N. The molecule has 0 saturated carbocycles. The van der Waals surface area contributed by atoms with Crippen LogP contribution < -0.4 is 0 Å². The Morgan fingerprint density at radius 3 is 1.83 bits per heavy atom. The number of nitriles is 1. The first-order valence-electron chi connectivity index (χ1n) is 1.22. The molecule has 0 unspecified atom stereocenters. The van der Waals surface area contributed by atoms with Crippen molar-refractivity contribution in [2.24, 2.45) is 0 Å². The van der Waals surface area contributed by atoms with Gasteiger partial charge in [0.05, 0.1) is 10.5 Å². The highest BCUT2D eigenvalue weighted by Crippen LogP contribution is 1.70. The summed E-state index contributed by atoms with van der Waals surface area (Å²) >= 11 is 4.14. The Balaban J connectivity index is 0. The molecule has 0 N–H and O–H groups in total. The van der Waals surface area contributed by atoms with Gasteiger partial charge in [0, 0.05) is 0 Å². The number of alkyl halides is 2. The van der Waals surface area contributed by atoms with Gasteiger partial charge in [0.2, 0.25) is 0 Å². The SMILES string of the molecule is CI.N#CCI. The number of rotatable bonds is 0. The third-order valence-electron chi connectivity index (χ3n) is 0.0598. The van der Waals surface area contributed by atoms with E-state index in [0.717, 1.165) is 0 Å². The minimum atomic E-state index is 0.595. The first-order chi connectivity index (χ1) is 2.91. The summed E-state index contributed by atoms with van der Waals surface area (Å²) in [7, 11) is 0.